The van der Waals surface area contributed by atoms with Crippen LogP contribution in [0.2, 0.25) is 0 Å². The molecule has 3 aromatic rings. The summed E-state index contributed by atoms with van der Waals surface area (Å²) < 4.78 is 43.6. The zero-order chi connectivity index (χ0) is 23.5. The summed E-state index contributed by atoms with van der Waals surface area (Å²) in [6.45, 7) is 1.53. The van der Waals surface area contributed by atoms with Gasteiger partial charge in [0.05, 0.1) is 11.1 Å². The summed E-state index contributed by atoms with van der Waals surface area (Å²) in [6.07, 6.45) is -5.30. The molecule has 2 atom stereocenters. The maximum atomic E-state index is 12.7. The lowest BCUT2D eigenvalue weighted by Gasteiger charge is -2.20. The van der Waals surface area contributed by atoms with E-state index in [1.165, 1.54) is 25.1 Å². The van der Waals surface area contributed by atoms with Crippen molar-refractivity contribution >= 4 is 11.9 Å². The van der Waals surface area contributed by atoms with Crippen molar-refractivity contribution in [2.75, 3.05) is 0 Å². The molecule has 0 fully saturated rings. The molecule has 0 bridgehead atoms. The third-order valence-electron chi connectivity index (χ3n) is 5.00. The van der Waals surface area contributed by atoms with Crippen molar-refractivity contribution in [3.8, 4) is 11.1 Å². The Bertz CT molecular complexity index is 1130. The number of ether oxygens (including phenoxy) is 1. The monoisotopic (exact) mass is 443 g/mol. The van der Waals surface area contributed by atoms with Crippen LogP contribution in [0.4, 0.5) is 13.2 Å². The fraction of sp³-hybridized carbons (Fsp3) is 0.167. The number of hydrogen-bond acceptors (Lipinski definition) is 4. The molecule has 3 N–H and O–H groups in total. The fourth-order valence-corrected chi connectivity index (χ4v) is 3.30. The summed E-state index contributed by atoms with van der Waals surface area (Å²) in [5.41, 5.74) is 7.00. The van der Waals surface area contributed by atoms with Crippen molar-refractivity contribution in [1.82, 2.24) is 0 Å². The zero-order valence-corrected chi connectivity index (χ0v) is 17.0. The van der Waals surface area contributed by atoms with Crippen LogP contribution >= 0.6 is 0 Å². The highest BCUT2D eigenvalue weighted by Crippen LogP contribution is 2.33. The molecule has 0 radical (unpaired) electrons. The molecule has 0 heterocycles. The van der Waals surface area contributed by atoms with Crippen LogP contribution in [-0.4, -0.2) is 17.0 Å². The third-order valence-corrected chi connectivity index (χ3v) is 5.00. The molecule has 0 aromatic heterocycles. The minimum atomic E-state index is -4.46. The minimum Gasteiger partial charge on any atom is -0.478 e. The number of carboxylic acids is 1. The van der Waals surface area contributed by atoms with E-state index in [-0.39, 0.29) is 5.56 Å². The SMILES string of the molecule is CC(OC(=O)[C@H](N)c1ccccc1-c1ccccc1C(=O)O)c1ccc(C(F)(F)F)cc1. The van der Waals surface area contributed by atoms with Gasteiger partial charge in [-0.05, 0) is 47.4 Å². The van der Waals surface area contributed by atoms with Crippen molar-refractivity contribution in [2.24, 2.45) is 5.73 Å². The molecule has 3 aromatic carbocycles. The molecule has 0 aliphatic rings. The van der Waals surface area contributed by atoms with E-state index in [1.54, 1.807) is 42.5 Å². The molecule has 0 saturated heterocycles. The lowest BCUT2D eigenvalue weighted by atomic mass is 9.92. The Morgan fingerprint density at radius 2 is 1.47 bits per heavy atom. The molecule has 166 valence electrons. The number of benzene rings is 3. The lowest BCUT2D eigenvalue weighted by molar-refractivity contribution is -0.150. The maximum absolute atomic E-state index is 12.7. The Labute approximate surface area is 182 Å². The van der Waals surface area contributed by atoms with E-state index < -0.39 is 35.8 Å². The van der Waals surface area contributed by atoms with E-state index in [0.717, 1.165) is 12.1 Å². The standard InChI is InChI=1S/C24H20F3NO4/c1-14(15-10-12-16(13-11-15)24(25,26)27)32-23(31)21(28)19-8-4-2-6-17(19)18-7-3-5-9-20(18)22(29)30/h2-14,21H,28H2,1H3,(H,29,30)/t14?,21-/m1/s1. The van der Waals surface area contributed by atoms with Crippen LogP contribution < -0.4 is 5.73 Å². The zero-order valence-electron chi connectivity index (χ0n) is 17.0. The molecule has 0 aliphatic carbocycles. The number of carboxylic acid groups (broad SMARTS) is 1. The number of nitrogens with two attached hydrogens (primary N) is 1. The van der Waals surface area contributed by atoms with Crippen molar-refractivity contribution in [3.05, 3.63) is 95.1 Å². The van der Waals surface area contributed by atoms with Crippen LogP contribution in [0, 0.1) is 0 Å². The molecule has 0 amide bonds. The van der Waals surface area contributed by atoms with Gasteiger partial charge < -0.3 is 15.6 Å². The summed E-state index contributed by atoms with van der Waals surface area (Å²) in [6, 6.07) is 16.0. The van der Waals surface area contributed by atoms with Gasteiger partial charge in [-0.15, -0.1) is 0 Å². The topological polar surface area (TPSA) is 89.6 Å². The normalized spacial score (nSPS) is 13.3. The number of aromatic carboxylic acids is 1. The van der Waals surface area contributed by atoms with Gasteiger partial charge in [-0.3, -0.25) is 0 Å². The summed E-state index contributed by atoms with van der Waals surface area (Å²) in [5, 5.41) is 9.49. The molecule has 3 rings (SSSR count). The molecule has 8 heteroatoms. The van der Waals surface area contributed by atoms with Gasteiger partial charge >= 0.3 is 18.1 Å². The molecular formula is C24H20F3NO4. The van der Waals surface area contributed by atoms with Gasteiger partial charge in [0.1, 0.15) is 12.1 Å². The molecule has 0 aliphatic heterocycles. The number of esters is 1. The van der Waals surface area contributed by atoms with E-state index in [9.17, 15) is 27.9 Å². The van der Waals surface area contributed by atoms with Crippen LogP contribution in [0.15, 0.2) is 72.8 Å². The van der Waals surface area contributed by atoms with E-state index in [2.05, 4.69) is 0 Å². The second kappa shape index (κ2) is 9.23. The van der Waals surface area contributed by atoms with Crippen LogP contribution in [0.1, 0.15) is 46.1 Å². The van der Waals surface area contributed by atoms with Crippen molar-refractivity contribution < 1.29 is 32.6 Å². The van der Waals surface area contributed by atoms with E-state index >= 15 is 0 Å². The first-order valence-electron chi connectivity index (χ1n) is 9.64. The Morgan fingerprint density at radius 3 is 2.06 bits per heavy atom. The van der Waals surface area contributed by atoms with Gasteiger partial charge in [0.2, 0.25) is 0 Å². The predicted molar refractivity (Wildman–Crippen MR) is 112 cm³/mol. The van der Waals surface area contributed by atoms with Crippen molar-refractivity contribution in [1.29, 1.82) is 0 Å². The number of hydrogen-bond donors (Lipinski definition) is 2. The molecule has 5 nitrogen and oxygen atoms in total. The predicted octanol–water partition coefficient (Wildman–Crippen LogP) is 5.37. The Morgan fingerprint density at radius 1 is 0.906 bits per heavy atom. The van der Waals surface area contributed by atoms with Gasteiger partial charge in [0.15, 0.2) is 0 Å². The molecular weight excluding hydrogens is 423 g/mol. The third kappa shape index (κ3) is 4.97. The highest BCUT2D eigenvalue weighted by Gasteiger charge is 2.30. The fourth-order valence-electron chi connectivity index (χ4n) is 3.30. The smallest absolute Gasteiger partial charge is 0.416 e. The molecule has 32 heavy (non-hydrogen) atoms. The van der Waals surface area contributed by atoms with E-state index in [1.807, 2.05) is 0 Å². The summed E-state index contributed by atoms with van der Waals surface area (Å²) in [5.74, 6) is -1.92. The van der Waals surface area contributed by atoms with Crippen LogP contribution in [-0.2, 0) is 15.7 Å². The van der Waals surface area contributed by atoms with Gasteiger partial charge in [-0.1, -0.05) is 54.6 Å². The minimum absolute atomic E-state index is 0.0543. The second-order valence-electron chi connectivity index (χ2n) is 7.11. The Kier molecular flexibility index (Phi) is 6.64. The van der Waals surface area contributed by atoms with Gasteiger partial charge in [-0.2, -0.15) is 13.2 Å². The van der Waals surface area contributed by atoms with Gasteiger partial charge in [0.25, 0.3) is 0 Å². The maximum Gasteiger partial charge on any atom is 0.416 e. The Balaban J connectivity index is 1.84. The van der Waals surface area contributed by atoms with E-state index in [4.69, 9.17) is 10.5 Å². The number of carbonyl (C=O) groups excluding carboxylic acids is 1. The second-order valence-corrected chi connectivity index (χ2v) is 7.11. The first kappa shape index (κ1) is 23.0. The lowest BCUT2D eigenvalue weighted by Crippen LogP contribution is -2.25. The number of carbonyl (C=O) groups is 2. The van der Waals surface area contributed by atoms with Gasteiger partial charge in [-0.25, -0.2) is 9.59 Å². The highest BCUT2D eigenvalue weighted by molar-refractivity contribution is 5.97. The summed E-state index contributed by atoms with van der Waals surface area (Å²) in [7, 11) is 0. The van der Waals surface area contributed by atoms with Crippen molar-refractivity contribution in [3.63, 3.8) is 0 Å². The summed E-state index contributed by atoms with van der Waals surface area (Å²) >= 11 is 0. The number of rotatable bonds is 6. The van der Waals surface area contributed by atoms with Crippen LogP contribution in [0.5, 0.6) is 0 Å². The highest BCUT2D eigenvalue weighted by atomic mass is 19.4. The Hall–Kier alpha value is -3.65. The summed E-state index contributed by atoms with van der Waals surface area (Å²) in [4.78, 5) is 24.3. The van der Waals surface area contributed by atoms with Crippen LogP contribution in [0.25, 0.3) is 11.1 Å². The van der Waals surface area contributed by atoms with Gasteiger partial charge in [0, 0.05) is 0 Å². The quantitative estimate of drug-likeness (QED) is 0.500. The van der Waals surface area contributed by atoms with Crippen LogP contribution in [0.3, 0.4) is 0 Å². The average molecular weight is 443 g/mol. The average Bonchev–Trinajstić information content (AvgIpc) is 2.78. The number of halogens is 3. The van der Waals surface area contributed by atoms with E-state index in [0.29, 0.717) is 22.3 Å². The molecule has 1 unspecified atom stereocenters. The first-order valence-corrected chi connectivity index (χ1v) is 9.64. The van der Waals surface area contributed by atoms with Crippen molar-refractivity contribution in [2.45, 2.75) is 25.2 Å². The number of alkyl halides is 3. The first-order chi connectivity index (χ1) is 15.1. The molecule has 0 spiro atoms. The molecule has 0 saturated carbocycles. The largest absolute Gasteiger partial charge is 0.478 e.